The highest BCUT2D eigenvalue weighted by Crippen LogP contribution is 2.30. The SMILES string of the molecule is CC1CCCN1c1ccc(S(=O)(=O)N(C)C)cc1C(=O)O. The summed E-state index contributed by atoms with van der Waals surface area (Å²) in [5.74, 6) is -1.11. The summed E-state index contributed by atoms with van der Waals surface area (Å²) in [6, 6.07) is 4.58. The molecule has 0 radical (unpaired) electrons. The van der Waals surface area contributed by atoms with Gasteiger partial charge in [-0.2, -0.15) is 0 Å². The van der Waals surface area contributed by atoms with Crippen LogP contribution in [0.2, 0.25) is 0 Å². The van der Waals surface area contributed by atoms with Gasteiger partial charge in [0.1, 0.15) is 0 Å². The van der Waals surface area contributed by atoms with Crippen LogP contribution in [0.5, 0.6) is 0 Å². The molecule has 2 rings (SSSR count). The minimum atomic E-state index is -3.64. The quantitative estimate of drug-likeness (QED) is 0.914. The zero-order valence-electron chi connectivity index (χ0n) is 12.4. The fraction of sp³-hybridized carbons (Fsp3) is 0.500. The first-order chi connectivity index (χ1) is 9.75. The van der Waals surface area contributed by atoms with E-state index in [1.807, 2.05) is 11.8 Å². The Morgan fingerprint density at radius 2 is 2.05 bits per heavy atom. The number of hydrogen-bond donors (Lipinski definition) is 1. The average molecular weight is 312 g/mol. The molecule has 1 aliphatic heterocycles. The molecular weight excluding hydrogens is 292 g/mol. The fourth-order valence-corrected chi connectivity index (χ4v) is 3.53. The molecule has 0 aliphatic carbocycles. The summed E-state index contributed by atoms with van der Waals surface area (Å²) >= 11 is 0. The standard InChI is InChI=1S/C14H20N2O4S/c1-10-5-4-8-16(10)13-7-6-11(9-12(13)14(17)18)21(19,20)15(2)3/h6-7,9-10H,4-5,8H2,1-3H3,(H,17,18). The van der Waals surface area contributed by atoms with E-state index in [-0.39, 0.29) is 16.5 Å². The van der Waals surface area contributed by atoms with Crippen LogP contribution in [0.3, 0.4) is 0 Å². The van der Waals surface area contributed by atoms with Crippen LogP contribution in [0.25, 0.3) is 0 Å². The summed E-state index contributed by atoms with van der Waals surface area (Å²) in [5, 5.41) is 9.41. The van der Waals surface area contributed by atoms with Crippen LogP contribution in [0.4, 0.5) is 5.69 Å². The summed E-state index contributed by atoms with van der Waals surface area (Å²) < 4.78 is 25.3. The molecule has 0 aromatic heterocycles. The molecule has 0 saturated carbocycles. The van der Waals surface area contributed by atoms with E-state index >= 15 is 0 Å². The van der Waals surface area contributed by atoms with Gasteiger partial charge in [0.15, 0.2) is 0 Å². The summed E-state index contributed by atoms with van der Waals surface area (Å²) in [6.07, 6.45) is 2.02. The van der Waals surface area contributed by atoms with Gasteiger partial charge >= 0.3 is 5.97 Å². The number of carboxylic acids is 1. The Kier molecular flexibility index (Phi) is 4.25. The van der Waals surface area contributed by atoms with Crippen molar-refractivity contribution in [3.05, 3.63) is 23.8 Å². The van der Waals surface area contributed by atoms with Gasteiger partial charge < -0.3 is 10.0 Å². The molecule has 1 aliphatic rings. The Morgan fingerprint density at radius 3 is 2.52 bits per heavy atom. The van der Waals surface area contributed by atoms with Crippen LogP contribution in [0.1, 0.15) is 30.1 Å². The van der Waals surface area contributed by atoms with Gasteiger partial charge in [0.25, 0.3) is 0 Å². The Morgan fingerprint density at radius 1 is 1.38 bits per heavy atom. The van der Waals surface area contributed by atoms with E-state index in [2.05, 4.69) is 0 Å². The Hall–Kier alpha value is -1.60. The fourth-order valence-electron chi connectivity index (χ4n) is 2.60. The predicted octanol–water partition coefficient (Wildman–Crippen LogP) is 1.62. The maximum Gasteiger partial charge on any atom is 0.337 e. The first-order valence-electron chi connectivity index (χ1n) is 6.81. The van der Waals surface area contributed by atoms with Crippen LogP contribution in [0.15, 0.2) is 23.1 Å². The van der Waals surface area contributed by atoms with Crippen LogP contribution < -0.4 is 4.90 Å². The van der Waals surface area contributed by atoms with Gasteiger partial charge in [-0.3, -0.25) is 0 Å². The third-order valence-corrected chi connectivity index (χ3v) is 5.65. The van der Waals surface area contributed by atoms with Gasteiger partial charge in [0, 0.05) is 26.7 Å². The number of anilines is 1. The zero-order valence-corrected chi connectivity index (χ0v) is 13.2. The van der Waals surface area contributed by atoms with Crippen molar-refractivity contribution in [1.82, 2.24) is 4.31 Å². The van der Waals surface area contributed by atoms with E-state index in [0.717, 1.165) is 23.7 Å². The molecule has 1 N–H and O–H groups in total. The van der Waals surface area contributed by atoms with E-state index in [0.29, 0.717) is 5.69 Å². The first kappa shape index (κ1) is 15.8. The summed E-state index contributed by atoms with van der Waals surface area (Å²) in [5.41, 5.74) is 0.622. The van der Waals surface area contributed by atoms with Crippen molar-refractivity contribution in [1.29, 1.82) is 0 Å². The minimum Gasteiger partial charge on any atom is -0.478 e. The maximum atomic E-state index is 12.1. The second-order valence-corrected chi connectivity index (χ2v) is 7.61. The first-order valence-corrected chi connectivity index (χ1v) is 8.25. The van der Waals surface area contributed by atoms with Crippen LogP contribution >= 0.6 is 0 Å². The summed E-state index contributed by atoms with van der Waals surface area (Å²) in [7, 11) is -0.790. The number of hydrogen-bond acceptors (Lipinski definition) is 4. The maximum absolute atomic E-state index is 12.1. The second kappa shape index (κ2) is 5.65. The lowest BCUT2D eigenvalue weighted by Gasteiger charge is -2.26. The second-order valence-electron chi connectivity index (χ2n) is 5.46. The largest absolute Gasteiger partial charge is 0.478 e. The third-order valence-electron chi connectivity index (χ3n) is 3.84. The van der Waals surface area contributed by atoms with Crippen LogP contribution in [-0.4, -0.2) is 50.5 Å². The van der Waals surface area contributed by atoms with Crippen molar-refractivity contribution in [3.63, 3.8) is 0 Å². The number of nitrogens with zero attached hydrogens (tertiary/aromatic N) is 2. The highest BCUT2D eigenvalue weighted by Gasteiger charge is 2.27. The lowest BCUT2D eigenvalue weighted by molar-refractivity contribution is 0.0697. The van der Waals surface area contributed by atoms with Gasteiger partial charge in [-0.25, -0.2) is 17.5 Å². The number of sulfonamides is 1. The summed E-state index contributed by atoms with van der Waals surface area (Å²) in [4.78, 5) is 13.5. The molecule has 1 aromatic rings. The van der Waals surface area contributed by atoms with Crippen LogP contribution in [0, 0.1) is 0 Å². The lowest BCUT2D eigenvalue weighted by atomic mass is 10.1. The lowest BCUT2D eigenvalue weighted by Crippen LogP contribution is -2.28. The Labute approximate surface area is 125 Å². The van der Waals surface area contributed by atoms with E-state index in [9.17, 15) is 18.3 Å². The van der Waals surface area contributed by atoms with E-state index in [1.165, 1.54) is 26.2 Å². The summed E-state index contributed by atoms with van der Waals surface area (Å²) in [6.45, 7) is 2.84. The van der Waals surface area contributed by atoms with E-state index in [4.69, 9.17) is 0 Å². The zero-order chi connectivity index (χ0) is 15.8. The average Bonchev–Trinajstić information content (AvgIpc) is 2.83. The van der Waals surface area contributed by atoms with Crippen molar-refractivity contribution in [3.8, 4) is 0 Å². The van der Waals surface area contributed by atoms with Gasteiger partial charge in [0.2, 0.25) is 10.0 Å². The Bertz CT molecular complexity index is 655. The van der Waals surface area contributed by atoms with Gasteiger partial charge in [0.05, 0.1) is 16.1 Å². The molecule has 6 nitrogen and oxygen atoms in total. The number of benzene rings is 1. The molecular formula is C14H20N2O4S. The van der Waals surface area contributed by atoms with Gasteiger partial charge in [-0.1, -0.05) is 0 Å². The minimum absolute atomic E-state index is 0.000463. The number of aromatic carboxylic acids is 1. The van der Waals surface area contributed by atoms with Crippen molar-refractivity contribution in [2.75, 3.05) is 25.5 Å². The predicted molar refractivity (Wildman–Crippen MR) is 80.3 cm³/mol. The number of carbonyl (C=O) groups is 1. The van der Waals surface area contributed by atoms with Crippen molar-refractivity contribution < 1.29 is 18.3 Å². The van der Waals surface area contributed by atoms with Crippen molar-refractivity contribution in [2.24, 2.45) is 0 Å². The monoisotopic (exact) mass is 312 g/mol. The van der Waals surface area contributed by atoms with E-state index in [1.54, 1.807) is 6.07 Å². The molecule has 0 spiro atoms. The molecule has 1 fully saturated rings. The molecule has 1 unspecified atom stereocenters. The molecule has 1 heterocycles. The molecule has 0 bridgehead atoms. The molecule has 1 atom stereocenters. The smallest absolute Gasteiger partial charge is 0.337 e. The molecule has 21 heavy (non-hydrogen) atoms. The normalized spacial score (nSPS) is 19.2. The molecule has 116 valence electrons. The number of carboxylic acid groups (broad SMARTS) is 1. The highest BCUT2D eigenvalue weighted by molar-refractivity contribution is 7.89. The molecule has 0 amide bonds. The van der Waals surface area contributed by atoms with Crippen molar-refractivity contribution >= 4 is 21.7 Å². The van der Waals surface area contributed by atoms with E-state index < -0.39 is 16.0 Å². The molecule has 1 aromatic carbocycles. The topological polar surface area (TPSA) is 77.9 Å². The third kappa shape index (κ3) is 2.89. The Balaban J connectivity index is 2.53. The van der Waals surface area contributed by atoms with Gasteiger partial charge in [-0.15, -0.1) is 0 Å². The van der Waals surface area contributed by atoms with Crippen molar-refractivity contribution in [2.45, 2.75) is 30.7 Å². The van der Waals surface area contributed by atoms with Crippen LogP contribution in [-0.2, 0) is 10.0 Å². The molecule has 7 heteroatoms. The highest BCUT2D eigenvalue weighted by atomic mass is 32.2. The molecule has 1 saturated heterocycles. The number of rotatable bonds is 4. The van der Waals surface area contributed by atoms with Gasteiger partial charge in [-0.05, 0) is 38.0 Å².